The largest absolute Gasteiger partial charge is 0.370 e. The molecule has 4 rings (SSSR count). The van der Waals surface area contributed by atoms with Crippen LogP contribution < -0.4 is 5.73 Å². The summed E-state index contributed by atoms with van der Waals surface area (Å²) in [5.41, 5.74) is 9.21. The van der Waals surface area contributed by atoms with E-state index in [2.05, 4.69) is 4.98 Å². The summed E-state index contributed by atoms with van der Waals surface area (Å²) in [6.45, 7) is 3.94. The number of aromatic amines is 1. The summed E-state index contributed by atoms with van der Waals surface area (Å²) in [7, 11) is -4.03. The fourth-order valence-corrected chi connectivity index (χ4v) is 5.62. The van der Waals surface area contributed by atoms with Gasteiger partial charge in [0, 0.05) is 23.2 Å². The molecule has 6 nitrogen and oxygen atoms in total. The van der Waals surface area contributed by atoms with Crippen LogP contribution in [-0.2, 0) is 25.5 Å². The van der Waals surface area contributed by atoms with E-state index in [-0.39, 0.29) is 23.2 Å². The standard InChI is InChI=1S/C23H26N2O4S/c1-3-15-12-19-17-6-4-5-7-20(17)25-22(19)23(18(15)13-21(24)26)29-30(27,28)16-10-8-14(2)9-11-16/h4-11,15,18,23,25H,3,12-13H2,1-2H3,(H2,24,26). The second-order valence-corrected chi connectivity index (χ2v) is 9.63. The molecule has 1 amide bonds. The maximum Gasteiger partial charge on any atom is 0.297 e. The van der Waals surface area contributed by atoms with Crippen LogP contribution in [0.15, 0.2) is 53.4 Å². The number of hydrogen-bond acceptors (Lipinski definition) is 4. The zero-order valence-corrected chi connectivity index (χ0v) is 17.9. The van der Waals surface area contributed by atoms with Gasteiger partial charge in [-0.2, -0.15) is 8.42 Å². The minimum atomic E-state index is -4.03. The van der Waals surface area contributed by atoms with E-state index in [4.69, 9.17) is 9.92 Å². The summed E-state index contributed by atoms with van der Waals surface area (Å²) >= 11 is 0. The van der Waals surface area contributed by atoms with Crippen LogP contribution in [0.3, 0.4) is 0 Å². The minimum absolute atomic E-state index is 0.0708. The van der Waals surface area contributed by atoms with E-state index in [0.29, 0.717) is 0 Å². The Labute approximate surface area is 176 Å². The van der Waals surface area contributed by atoms with Gasteiger partial charge in [-0.3, -0.25) is 8.98 Å². The molecular formula is C23H26N2O4S. The van der Waals surface area contributed by atoms with Gasteiger partial charge in [0.05, 0.1) is 10.6 Å². The van der Waals surface area contributed by atoms with E-state index in [1.807, 2.05) is 38.1 Å². The van der Waals surface area contributed by atoms with Crippen molar-refractivity contribution in [3.63, 3.8) is 0 Å². The highest BCUT2D eigenvalue weighted by Crippen LogP contribution is 2.46. The first-order chi connectivity index (χ1) is 14.3. The van der Waals surface area contributed by atoms with Crippen LogP contribution in [0.5, 0.6) is 0 Å². The Kier molecular flexibility index (Phi) is 5.42. The monoisotopic (exact) mass is 426 g/mol. The fourth-order valence-electron chi connectivity index (χ4n) is 4.53. The topological polar surface area (TPSA) is 102 Å². The second-order valence-electron chi connectivity index (χ2n) is 8.05. The molecule has 1 aliphatic rings. The molecule has 0 spiro atoms. The average Bonchev–Trinajstić information content (AvgIpc) is 3.08. The van der Waals surface area contributed by atoms with Crippen molar-refractivity contribution in [1.82, 2.24) is 4.98 Å². The molecule has 3 unspecified atom stereocenters. The molecule has 0 bridgehead atoms. The van der Waals surface area contributed by atoms with E-state index >= 15 is 0 Å². The molecular weight excluding hydrogens is 400 g/mol. The van der Waals surface area contributed by atoms with Gasteiger partial charge in [0.2, 0.25) is 5.91 Å². The van der Waals surface area contributed by atoms with Crippen molar-refractivity contribution < 1.29 is 17.4 Å². The Morgan fingerprint density at radius 1 is 1.17 bits per heavy atom. The lowest BCUT2D eigenvalue weighted by Gasteiger charge is -2.36. The van der Waals surface area contributed by atoms with Crippen molar-refractivity contribution in [2.45, 2.75) is 44.1 Å². The van der Waals surface area contributed by atoms with E-state index in [1.54, 1.807) is 24.3 Å². The van der Waals surface area contributed by atoms with Gasteiger partial charge in [0.15, 0.2) is 0 Å². The zero-order valence-electron chi connectivity index (χ0n) is 17.1. The number of hydrogen-bond donors (Lipinski definition) is 2. The number of para-hydroxylation sites is 1. The average molecular weight is 427 g/mol. The van der Waals surface area contributed by atoms with Crippen LogP contribution in [0.1, 0.15) is 42.7 Å². The summed E-state index contributed by atoms with van der Waals surface area (Å²) < 4.78 is 32.1. The highest BCUT2D eigenvalue weighted by Gasteiger charge is 2.42. The molecule has 1 aliphatic carbocycles. The van der Waals surface area contributed by atoms with Crippen molar-refractivity contribution in [2.24, 2.45) is 17.6 Å². The quantitative estimate of drug-likeness (QED) is 0.582. The Hall–Kier alpha value is -2.64. The number of primary amides is 1. The van der Waals surface area contributed by atoms with Gasteiger partial charge < -0.3 is 10.7 Å². The van der Waals surface area contributed by atoms with Crippen LogP contribution in [-0.4, -0.2) is 19.3 Å². The molecule has 7 heteroatoms. The number of benzene rings is 2. The first-order valence-electron chi connectivity index (χ1n) is 10.2. The maximum absolute atomic E-state index is 13.1. The number of rotatable bonds is 6. The molecule has 0 saturated carbocycles. The molecule has 3 atom stereocenters. The van der Waals surface area contributed by atoms with Gasteiger partial charge >= 0.3 is 0 Å². The minimum Gasteiger partial charge on any atom is -0.370 e. The van der Waals surface area contributed by atoms with Crippen molar-refractivity contribution >= 4 is 26.9 Å². The van der Waals surface area contributed by atoms with E-state index in [0.717, 1.165) is 40.6 Å². The van der Waals surface area contributed by atoms with E-state index in [1.165, 1.54) is 0 Å². The molecule has 30 heavy (non-hydrogen) atoms. The lowest BCUT2D eigenvalue weighted by molar-refractivity contribution is -0.120. The molecule has 0 fully saturated rings. The smallest absolute Gasteiger partial charge is 0.297 e. The van der Waals surface area contributed by atoms with Crippen LogP contribution in [0.2, 0.25) is 0 Å². The number of carbonyl (C=O) groups excluding carboxylic acids is 1. The number of H-pyrrole nitrogens is 1. The molecule has 2 aromatic carbocycles. The third-order valence-corrected chi connectivity index (χ3v) is 7.40. The van der Waals surface area contributed by atoms with Crippen molar-refractivity contribution in [1.29, 1.82) is 0 Å². The molecule has 158 valence electrons. The molecule has 3 aromatic rings. The number of aromatic nitrogens is 1. The van der Waals surface area contributed by atoms with Gasteiger partial charge in [-0.1, -0.05) is 49.2 Å². The molecule has 1 aromatic heterocycles. The number of fused-ring (bicyclic) bond motifs is 3. The number of nitrogens with one attached hydrogen (secondary N) is 1. The number of carbonyl (C=O) groups is 1. The lowest BCUT2D eigenvalue weighted by Crippen LogP contribution is -2.35. The van der Waals surface area contributed by atoms with Crippen molar-refractivity contribution in [3.8, 4) is 0 Å². The fraction of sp³-hybridized carbons (Fsp3) is 0.348. The third kappa shape index (κ3) is 3.75. The van der Waals surface area contributed by atoms with Gasteiger partial charge in [0.1, 0.15) is 6.10 Å². The highest BCUT2D eigenvalue weighted by atomic mass is 32.2. The lowest BCUT2D eigenvalue weighted by atomic mass is 9.73. The summed E-state index contributed by atoms with van der Waals surface area (Å²) in [6.07, 6.45) is 0.811. The summed E-state index contributed by atoms with van der Waals surface area (Å²) in [4.78, 5) is 15.3. The Morgan fingerprint density at radius 3 is 2.53 bits per heavy atom. The molecule has 0 saturated heterocycles. The Bertz CT molecular complexity index is 1180. The van der Waals surface area contributed by atoms with Gasteiger partial charge in [0.25, 0.3) is 10.1 Å². The summed E-state index contributed by atoms with van der Waals surface area (Å²) in [5.74, 6) is -0.699. The normalized spacial score (nSPS) is 21.5. The van der Waals surface area contributed by atoms with Gasteiger partial charge in [-0.05, 0) is 43.0 Å². The summed E-state index contributed by atoms with van der Waals surface area (Å²) in [6, 6.07) is 14.4. The predicted molar refractivity (Wildman–Crippen MR) is 115 cm³/mol. The SMILES string of the molecule is CCC1Cc2c([nH]c3ccccc23)C(OS(=O)(=O)c2ccc(C)cc2)C1CC(N)=O. The number of nitrogens with two attached hydrogens (primary N) is 1. The first-order valence-corrected chi connectivity index (χ1v) is 11.6. The van der Waals surface area contributed by atoms with E-state index < -0.39 is 22.1 Å². The molecule has 0 radical (unpaired) electrons. The molecule has 3 N–H and O–H groups in total. The Balaban J connectivity index is 1.82. The van der Waals surface area contributed by atoms with Crippen molar-refractivity contribution in [3.05, 3.63) is 65.4 Å². The van der Waals surface area contributed by atoms with Gasteiger partial charge in [-0.15, -0.1) is 0 Å². The second kappa shape index (κ2) is 7.89. The van der Waals surface area contributed by atoms with Crippen LogP contribution in [0, 0.1) is 18.8 Å². The van der Waals surface area contributed by atoms with Crippen LogP contribution >= 0.6 is 0 Å². The number of amides is 1. The van der Waals surface area contributed by atoms with Crippen LogP contribution in [0.4, 0.5) is 0 Å². The molecule has 0 aliphatic heterocycles. The maximum atomic E-state index is 13.1. The van der Waals surface area contributed by atoms with E-state index in [9.17, 15) is 13.2 Å². The number of aryl methyl sites for hydroxylation is 1. The van der Waals surface area contributed by atoms with Crippen LogP contribution in [0.25, 0.3) is 10.9 Å². The van der Waals surface area contributed by atoms with Crippen molar-refractivity contribution in [2.75, 3.05) is 0 Å². The predicted octanol–water partition coefficient (Wildman–Crippen LogP) is 4.00. The third-order valence-electron chi connectivity index (χ3n) is 6.09. The zero-order chi connectivity index (χ0) is 21.5. The Morgan fingerprint density at radius 2 is 1.87 bits per heavy atom. The van der Waals surface area contributed by atoms with Gasteiger partial charge in [-0.25, -0.2) is 0 Å². The molecule has 1 heterocycles. The first kappa shape index (κ1) is 20.6. The summed E-state index contributed by atoms with van der Waals surface area (Å²) in [5, 5.41) is 1.06. The highest BCUT2D eigenvalue weighted by molar-refractivity contribution is 7.86.